The summed E-state index contributed by atoms with van der Waals surface area (Å²) in [4.78, 5) is 34.0. The second-order valence-electron chi connectivity index (χ2n) is 16.7. The van der Waals surface area contributed by atoms with Gasteiger partial charge in [0.15, 0.2) is 0 Å². The van der Waals surface area contributed by atoms with E-state index >= 15 is 0 Å². The first-order chi connectivity index (χ1) is 20.5. The summed E-state index contributed by atoms with van der Waals surface area (Å²) >= 11 is 0. The zero-order valence-electron chi connectivity index (χ0n) is 29.2. The van der Waals surface area contributed by atoms with E-state index in [-0.39, 0.29) is 23.4 Å². The van der Waals surface area contributed by atoms with E-state index in [1.54, 1.807) is 6.92 Å². The molecule has 0 heterocycles. The van der Waals surface area contributed by atoms with Crippen molar-refractivity contribution in [2.45, 2.75) is 113 Å². The number of carboxylic acids is 1. The Bertz CT molecular complexity index is 1010. The van der Waals surface area contributed by atoms with E-state index in [9.17, 15) is 14.4 Å². The van der Waals surface area contributed by atoms with E-state index in [0.29, 0.717) is 48.7 Å². The number of aliphatic carboxylic acids is 1. The number of rotatable bonds is 5. The Labute approximate surface area is 266 Å². The lowest BCUT2D eigenvalue weighted by Crippen LogP contribution is -2.35. The molecule has 6 bridgehead atoms. The number of esters is 1. The van der Waals surface area contributed by atoms with Crippen LogP contribution < -0.4 is 0 Å². The molecular weight excluding hydrogens is 556 g/mol. The van der Waals surface area contributed by atoms with Crippen molar-refractivity contribution < 1.29 is 33.7 Å². The Morgan fingerprint density at radius 1 is 0.636 bits per heavy atom. The molecule has 7 heteroatoms. The topological polar surface area (TPSA) is 99.1 Å². The first kappa shape index (κ1) is 35.1. The molecule has 0 aromatic heterocycles. The number of hydrogen-bond acceptors (Lipinski definition) is 6. The quantitative estimate of drug-likeness (QED) is 0.309. The Hall–Kier alpha value is -1.79. The maximum Gasteiger partial charge on any atom is 0.508 e. The molecule has 6 fully saturated rings. The molecular formula is C37H62O7. The molecule has 6 aliphatic rings. The van der Waals surface area contributed by atoms with Crippen molar-refractivity contribution in [2.24, 2.45) is 88.8 Å². The highest BCUT2D eigenvalue weighted by molar-refractivity contribution is 5.74. The van der Waals surface area contributed by atoms with Crippen molar-refractivity contribution in [2.75, 3.05) is 13.2 Å². The van der Waals surface area contributed by atoms with Gasteiger partial charge in [-0.3, -0.25) is 9.59 Å². The average Bonchev–Trinajstić information content (AvgIpc) is 3.78. The Morgan fingerprint density at radius 2 is 1.09 bits per heavy atom. The molecule has 0 amide bonds. The van der Waals surface area contributed by atoms with Crippen LogP contribution in [0.5, 0.6) is 0 Å². The Balaban J connectivity index is 0.000000152. The van der Waals surface area contributed by atoms with Crippen molar-refractivity contribution in [1.29, 1.82) is 0 Å². The third kappa shape index (κ3) is 7.43. The van der Waals surface area contributed by atoms with Crippen LogP contribution in [0.3, 0.4) is 0 Å². The summed E-state index contributed by atoms with van der Waals surface area (Å²) in [6.07, 6.45) is 6.46. The second-order valence-corrected chi connectivity index (χ2v) is 16.7. The van der Waals surface area contributed by atoms with Crippen LogP contribution in [0.4, 0.5) is 4.79 Å². The van der Waals surface area contributed by atoms with Crippen LogP contribution in [0.15, 0.2) is 0 Å². The van der Waals surface area contributed by atoms with Gasteiger partial charge in [-0.2, -0.15) is 0 Å². The summed E-state index contributed by atoms with van der Waals surface area (Å²) in [5, 5.41) is 8.94. The van der Waals surface area contributed by atoms with Crippen LogP contribution in [0, 0.1) is 88.8 Å². The zero-order valence-corrected chi connectivity index (χ0v) is 29.2. The van der Waals surface area contributed by atoms with E-state index < -0.39 is 12.1 Å². The third-order valence-electron chi connectivity index (χ3n) is 13.5. The van der Waals surface area contributed by atoms with Gasteiger partial charge in [-0.1, -0.05) is 41.5 Å². The molecule has 0 radical (unpaired) electrons. The molecule has 0 aromatic rings. The number of carbonyl (C=O) groups excluding carboxylic acids is 2. The van der Waals surface area contributed by atoms with Gasteiger partial charge in [0.05, 0.1) is 25.0 Å². The van der Waals surface area contributed by atoms with Gasteiger partial charge in [-0.15, -0.1) is 0 Å². The molecule has 7 nitrogen and oxygen atoms in total. The number of fused-ring (bicyclic) bond motifs is 6. The van der Waals surface area contributed by atoms with E-state index in [4.69, 9.17) is 19.3 Å². The van der Waals surface area contributed by atoms with Crippen molar-refractivity contribution in [1.82, 2.24) is 0 Å². The van der Waals surface area contributed by atoms with Gasteiger partial charge in [0.1, 0.15) is 5.60 Å². The normalized spacial score (nSPS) is 44.4. The predicted octanol–water partition coefficient (Wildman–Crippen LogP) is 8.34. The van der Waals surface area contributed by atoms with Crippen molar-refractivity contribution in [3.8, 4) is 0 Å². The minimum absolute atomic E-state index is 0.0267. The van der Waals surface area contributed by atoms with Gasteiger partial charge in [-0.25, -0.2) is 4.79 Å². The summed E-state index contributed by atoms with van der Waals surface area (Å²) < 4.78 is 15.4. The SMILES string of the molecule is CC1C2CC(C(=O)O)C(C2)C1C.CC1C2CC(C(=O)OC(C)(C)C)C(C2)C1C.CCOC(=O)OCC1CC2CC1C(C)C2C. The molecule has 0 aliphatic heterocycles. The molecule has 252 valence electrons. The molecule has 0 spiro atoms. The zero-order chi connectivity index (χ0) is 32.7. The third-order valence-corrected chi connectivity index (χ3v) is 13.5. The lowest BCUT2D eigenvalue weighted by atomic mass is 9.76. The van der Waals surface area contributed by atoms with Gasteiger partial charge in [0, 0.05) is 0 Å². The fraction of sp³-hybridized carbons (Fsp3) is 0.919. The van der Waals surface area contributed by atoms with Gasteiger partial charge in [0.2, 0.25) is 0 Å². The van der Waals surface area contributed by atoms with Crippen LogP contribution in [0.2, 0.25) is 0 Å². The maximum atomic E-state index is 12.1. The molecule has 0 aromatic carbocycles. The Kier molecular flexibility index (Phi) is 11.1. The molecule has 44 heavy (non-hydrogen) atoms. The van der Waals surface area contributed by atoms with E-state index in [1.165, 1.54) is 25.7 Å². The largest absolute Gasteiger partial charge is 0.508 e. The highest BCUT2D eigenvalue weighted by Gasteiger charge is 2.53. The summed E-state index contributed by atoms with van der Waals surface area (Å²) in [6, 6.07) is 0. The average molecular weight is 619 g/mol. The summed E-state index contributed by atoms with van der Waals surface area (Å²) in [6.45, 7) is 22.4. The number of ether oxygens (including phenoxy) is 3. The highest BCUT2D eigenvalue weighted by atomic mass is 16.7. The number of carboxylic acid groups (broad SMARTS) is 1. The number of hydrogen-bond donors (Lipinski definition) is 1. The second kappa shape index (κ2) is 13.9. The molecule has 6 aliphatic carbocycles. The van der Waals surface area contributed by atoms with Gasteiger partial charge < -0.3 is 19.3 Å². The van der Waals surface area contributed by atoms with Crippen molar-refractivity contribution in [3.05, 3.63) is 0 Å². The van der Waals surface area contributed by atoms with Crippen LogP contribution in [0.25, 0.3) is 0 Å². The van der Waals surface area contributed by atoms with Gasteiger partial charge in [-0.05, 0) is 143 Å². The molecule has 6 rings (SSSR count). The van der Waals surface area contributed by atoms with Crippen molar-refractivity contribution >= 4 is 18.1 Å². The van der Waals surface area contributed by atoms with Crippen LogP contribution in [0.1, 0.15) is 108 Å². The lowest BCUT2D eigenvalue weighted by Gasteiger charge is -2.32. The molecule has 0 saturated heterocycles. The minimum atomic E-state index is -0.568. The summed E-state index contributed by atoms with van der Waals surface area (Å²) in [5.74, 6) is 8.83. The van der Waals surface area contributed by atoms with Crippen molar-refractivity contribution in [3.63, 3.8) is 0 Å². The van der Waals surface area contributed by atoms with E-state index in [2.05, 4.69) is 41.5 Å². The fourth-order valence-electron chi connectivity index (χ4n) is 10.4. The molecule has 15 unspecified atom stereocenters. The van der Waals surface area contributed by atoms with E-state index in [0.717, 1.165) is 54.3 Å². The van der Waals surface area contributed by atoms with E-state index in [1.807, 2.05) is 20.8 Å². The van der Waals surface area contributed by atoms with Crippen LogP contribution >= 0.6 is 0 Å². The fourth-order valence-corrected chi connectivity index (χ4v) is 10.4. The van der Waals surface area contributed by atoms with Gasteiger partial charge >= 0.3 is 18.1 Å². The first-order valence-electron chi connectivity index (χ1n) is 17.8. The molecule has 15 atom stereocenters. The minimum Gasteiger partial charge on any atom is -0.481 e. The monoisotopic (exact) mass is 618 g/mol. The predicted molar refractivity (Wildman–Crippen MR) is 171 cm³/mol. The molecule has 6 saturated carbocycles. The Morgan fingerprint density at radius 3 is 1.50 bits per heavy atom. The smallest absolute Gasteiger partial charge is 0.481 e. The van der Waals surface area contributed by atoms with Gasteiger partial charge in [0.25, 0.3) is 0 Å². The first-order valence-corrected chi connectivity index (χ1v) is 17.8. The standard InChI is InChI=1S/C14H24O2.C13H22O3.C10H16O2/c1-8-9(2)11-6-10(8)7-12(11)13(15)16-14(3,4)5;1-4-15-13(14)16-7-11-5-10-6-12(11)9(3)8(10)2;1-5-6(2)8-3-7(5)4-9(8)10(11)12/h8-12H,6-7H2,1-5H3;8-12H,4-7H2,1-3H3;5-9H,3-4H2,1-2H3,(H,11,12). The lowest BCUT2D eigenvalue weighted by molar-refractivity contribution is -0.163. The highest BCUT2D eigenvalue weighted by Crippen LogP contribution is 2.57. The maximum absolute atomic E-state index is 12.1. The summed E-state index contributed by atoms with van der Waals surface area (Å²) in [5.41, 5.74) is -0.340. The van der Waals surface area contributed by atoms with Crippen LogP contribution in [-0.2, 0) is 23.8 Å². The summed E-state index contributed by atoms with van der Waals surface area (Å²) in [7, 11) is 0. The van der Waals surface area contributed by atoms with Crippen LogP contribution in [-0.4, -0.2) is 42.0 Å². The molecule has 1 N–H and O–H groups in total. The number of carbonyl (C=O) groups is 3.